The molecule has 49 heteroatoms. The number of Topliss-reactive ketones (excluding diaryl/α,β-unsaturated/α-hetero) is 1. The predicted octanol–water partition coefficient (Wildman–Crippen LogP) is 10.0. The highest BCUT2D eigenvalue weighted by Gasteiger charge is 2.29. The van der Waals surface area contributed by atoms with Crippen molar-refractivity contribution in [3.63, 3.8) is 0 Å². The summed E-state index contributed by atoms with van der Waals surface area (Å²) in [5, 5.41) is 34.2. The molecule has 0 bridgehead atoms. The highest BCUT2D eigenvalue weighted by Crippen LogP contribution is 2.26. The number of nitrogens with two attached hydrogens (primary N) is 3. The number of hydrogen-bond acceptors (Lipinski definition) is 35. The Morgan fingerprint density at radius 2 is 0.752 bits per heavy atom. The Kier molecular flexibility index (Phi) is 88.8. The number of ether oxygens (including phenoxy) is 6. The average molecular weight is 2360 g/mol. The van der Waals surface area contributed by atoms with Crippen LogP contribution in [-0.4, -0.2) is 295 Å². The molecule has 4 aromatic carbocycles. The van der Waals surface area contributed by atoms with Crippen molar-refractivity contribution >= 4 is 268 Å². The molecule has 36 nitrogen and oxygen atoms in total. The molecule has 0 aliphatic heterocycles. The smallest absolute Gasteiger partial charge is 0.373 e. The highest BCUT2D eigenvalue weighted by atomic mass is 127. The van der Waals surface area contributed by atoms with Crippen LogP contribution in [0.3, 0.4) is 0 Å². The first-order chi connectivity index (χ1) is 66.9. The molecule has 0 saturated carbocycles. The minimum Gasteiger partial charge on any atom is -0.480 e. The lowest BCUT2D eigenvalue weighted by Gasteiger charge is -2.26. The summed E-state index contributed by atoms with van der Waals surface area (Å²) in [6.07, 6.45) is 6.47. The Labute approximate surface area is 915 Å². The fourth-order valence-corrected chi connectivity index (χ4v) is 12.8. The number of benzene rings is 4. The van der Waals surface area contributed by atoms with E-state index in [-0.39, 0.29) is 93.9 Å². The van der Waals surface area contributed by atoms with Gasteiger partial charge in [0.05, 0.1) is 87.7 Å². The fourth-order valence-electron chi connectivity index (χ4n) is 10.9. The summed E-state index contributed by atoms with van der Waals surface area (Å²) in [7, 11) is 7.32. The number of aldehydes is 1. The molecule has 0 saturated heterocycles. The zero-order valence-corrected chi connectivity index (χ0v) is 95.2. The van der Waals surface area contributed by atoms with Gasteiger partial charge in [-0.05, 0) is 295 Å². The SMILES string of the molecule is C.CC(=O)[C@H](CC(=O)OC(C)(C)C)N[B]C=O.CC(C)(C)OC(=O)CCN[B]C=O.CC(C)(C)OC(=O)C[C@@H](CI)N[B]C=O.CC(C)(C)OC(=O)C[C@@H](CO)N[B]C=O.Cc1ccc(N(CCCl)CCCl)cc1C[C@@H](N)C(=O)O.Cc1ccc(N(CCCl)CCCl)cc1C[C@@H](N[B]C=O)C(=O)OC(C)(C)C.Cc1ccc(N)cc1C[C@H](CC(=O)OC(C)(C)C)N[B]C=O.Cc1ccc(N)cc1I.O=C=O.O=CCCl. The van der Waals surface area contributed by atoms with E-state index < -0.39 is 81.7 Å². The van der Waals surface area contributed by atoms with Crippen LogP contribution >= 0.6 is 103 Å². The van der Waals surface area contributed by atoms with Crippen molar-refractivity contribution in [1.29, 1.82) is 0 Å². The number of rotatable bonds is 50. The second-order valence-corrected chi connectivity index (χ2v) is 40.8. The molecular weight excluding hydrogens is 2200 g/mol. The number of nitrogens with one attached hydrogen (secondary N) is 6. The van der Waals surface area contributed by atoms with Gasteiger partial charge in [-0.3, -0.25) is 38.4 Å². The maximum atomic E-state index is 12.5. The van der Waals surface area contributed by atoms with Crippen LogP contribution in [0.25, 0.3) is 0 Å². The normalized spacial score (nSPS) is 11.8. The zero-order chi connectivity index (χ0) is 112. The van der Waals surface area contributed by atoms with Gasteiger partial charge in [0.15, 0.2) is 0 Å². The van der Waals surface area contributed by atoms with Crippen LogP contribution in [0.5, 0.6) is 0 Å². The number of aliphatic hydroxyl groups is 1. The van der Waals surface area contributed by atoms with Gasteiger partial charge in [0.2, 0.25) is 0 Å². The minimum atomic E-state index is -0.992. The topological polar surface area (TPSA) is 543 Å². The summed E-state index contributed by atoms with van der Waals surface area (Å²) >= 11 is 32.6. The van der Waals surface area contributed by atoms with E-state index in [2.05, 4.69) is 93.3 Å². The molecular formula is C96H152B6Cl5I2N11O25. The van der Waals surface area contributed by atoms with E-state index in [1.54, 1.807) is 41.5 Å². The van der Waals surface area contributed by atoms with E-state index in [9.17, 15) is 67.1 Å². The Balaban J connectivity index is -0.000000301. The van der Waals surface area contributed by atoms with Gasteiger partial charge in [-0.2, -0.15) is 9.59 Å². The molecule has 808 valence electrons. The summed E-state index contributed by atoms with van der Waals surface area (Å²) in [5.41, 5.74) is 24.7. The number of esters is 6. The molecule has 0 aromatic heterocycles. The number of ketones is 1. The van der Waals surface area contributed by atoms with Crippen molar-refractivity contribution in [1.82, 2.24) is 31.4 Å². The summed E-state index contributed by atoms with van der Waals surface area (Å²) in [6.45, 7) is 44.7. The lowest BCUT2D eigenvalue weighted by atomic mass is 9.91. The van der Waals surface area contributed by atoms with Gasteiger partial charge in [-0.25, -0.2) is 0 Å². The second kappa shape index (κ2) is 85.8. The molecule has 0 spiro atoms. The first kappa shape index (κ1) is 150. The summed E-state index contributed by atoms with van der Waals surface area (Å²) < 4.78 is 33.1. The Hall–Kier alpha value is -7.91. The predicted molar refractivity (Wildman–Crippen MR) is 601 cm³/mol. The van der Waals surface area contributed by atoms with Crippen molar-refractivity contribution in [2.24, 2.45) is 5.73 Å². The van der Waals surface area contributed by atoms with E-state index >= 15 is 0 Å². The first-order valence-corrected chi connectivity index (χ1v) is 50.6. The maximum Gasteiger partial charge on any atom is 0.373 e. The third-order valence-corrected chi connectivity index (χ3v) is 20.0. The van der Waals surface area contributed by atoms with Crippen molar-refractivity contribution in [3.8, 4) is 0 Å². The molecule has 4 aromatic rings. The molecule has 0 unspecified atom stereocenters. The molecule has 4 rings (SSSR count). The number of carbonyl (C=O) groups excluding carboxylic acids is 16. The number of aryl methyl sites for hydroxylation is 4. The molecule has 0 fully saturated rings. The molecule has 6 radical (unpaired) electrons. The number of aliphatic hydroxyl groups excluding tert-OH is 1. The van der Waals surface area contributed by atoms with Crippen molar-refractivity contribution < 1.29 is 120 Å². The largest absolute Gasteiger partial charge is 0.480 e. The quantitative estimate of drug-likeness (QED) is 0.00286. The maximum absolute atomic E-state index is 12.5. The standard InChI is InChI=1S/C19H28BCl2N2O3.C16H24BN2O3.C14H20Cl2N2O2.C10H17BNO4.C9H16BINO3.C9H17BNO4.C8H15BNO3.C7H8IN.C2H3ClO.CO2.CH4/c1-14-5-6-16(24(9-7-21)10-8-22)11-15(14)12-17(23-20-13-25)18(26)27-19(2,3)4;1-11-5-6-13(18)7-12(11)8-14(19-17-10-20)9-15(21)22-16(2,3)4;1-10-2-3-12(18(6-4-15)7-5-16)8-11(10)9-13(17)14(19)20;1-7(14)8(12-11-6-13)5-9(15)16-10(2,3)4;1-9(2,3)15-8(14)4-7(5-11)12-10-6-13;1-9(2,3)15-8(14)4-7(5-12)11-10-6-13;1-8(2,3)13-7(12)4-5-10-9-6-11;1-5-2-3-6(9)4-7(5)8;3-1-2-4;2-1-3;/h5-6,11,13,17,23H,7-10,12H2,1-4H3;5-7,10,14,19H,8-9,18H2,1-4H3;2-3,8,13H,4-7,9,17H2,1H3,(H,19,20);6,8,12H,5H2,1-4H3;6-7,12H,4-5H2,1-3H3;6-7,11-12H,4-5H2,1-3H3;6,10H,4-5H2,1-3H3;2-4H,9H2,1H3;2H,1H2;;1H4/t17-;14-;13-;8-;2*7-;;;;;/m111000...../s1. The van der Waals surface area contributed by atoms with Gasteiger partial charge in [0.1, 0.15) is 57.8 Å². The number of nitrogens with zero attached hydrogens (tertiary/aromatic N) is 2. The summed E-state index contributed by atoms with van der Waals surface area (Å²) in [6, 6.07) is 20.6. The van der Waals surface area contributed by atoms with Crippen LogP contribution in [-0.2, 0) is 129 Å². The monoisotopic (exact) mass is 2350 g/mol. The van der Waals surface area contributed by atoms with Gasteiger partial charge >= 0.3 is 47.9 Å². The molecule has 145 heavy (non-hydrogen) atoms. The highest BCUT2D eigenvalue weighted by molar-refractivity contribution is 14.1. The number of carboxylic acids is 1. The summed E-state index contributed by atoms with van der Waals surface area (Å²) in [4.78, 5) is 183. The van der Waals surface area contributed by atoms with Crippen LogP contribution in [0, 0.1) is 31.3 Å². The van der Waals surface area contributed by atoms with E-state index in [0.717, 1.165) is 69.7 Å². The minimum absolute atomic E-state index is 0. The summed E-state index contributed by atoms with van der Waals surface area (Å²) in [5.74, 6) is -1.19. The number of halogens is 7. The Morgan fingerprint density at radius 1 is 0.441 bits per heavy atom. The van der Waals surface area contributed by atoms with Crippen LogP contribution in [0.1, 0.15) is 210 Å². The lowest BCUT2D eigenvalue weighted by Crippen LogP contribution is -2.45. The van der Waals surface area contributed by atoms with Gasteiger partial charge < -0.3 is 131 Å². The third kappa shape index (κ3) is 89.8. The van der Waals surface area contributed by atoms with Crippen LogP contribution < -0.4 is 58.4 Å². The Bertz CT molecular complexity index is 4380. The number of nitrogen functional groups attached to an aromatic ring is 2. The van der Waals surface area contributed by atoms with Crippen molar-refractivity contribution in [3.05, 3.63) is 115 Å². The van der Waals surface area contributed by atoms with Crippen LogP contribution in [0.15, 0.2) is 72.8 Å². The third-order valence-electron chi connectivity index (χ3n) is 17.0. The van der Waals surface area contributed by atoms with Gasteiger partial charge in [-0.1, -0.05) is 54.3 Å². The second-order valence-electron chi connectivity index (χ2n) is 36.9. The van der Waals surface area contributed by atoms with E-state index in [1.807, 2.05) is 177 Å². The lowest BCUT2D eigenvalue weighted by molar-refractivity contribution is -0.192. The van der Waals surface area contributed by atoms with Crippen molar-refractivity contribution in [2.45, 2.75) is 288 Å². The zero-order valence-electron chi connectivity index (χ0n) is 87.1. The number of carbonyl (C=O) groups is 15. The van der Waals surface area contributed by atoms with Gasteiger partial charge in [0.25, 0.3) is 44.5 Å². The van der Waals surface area contributed by atoms with Crippen LogP contribution in [0.4, 0.5) is 22.7 Å². The van der Waals surface area contributed by atoms with Gasteiger partial charge in [-0.15, -0.1) is 58.0 Å². The number of alkyl halides is 6. The number of anilines is 4. The molecule has 6 atom stereocenters. The van der Waals surface area contributed by atoms with E-state index in [0.29, 0.717) is 125 Å². The van der Waals surface area contributed by atoms with E-state index in [4.69, 9.17) is 128 Å². The van der Waals surface area contributed by atoms with Gasteiger partial charge in [0, 0.05) is 98.6 Å². The Morgan fingerprint density at radius 3 is 1.08 bits per heavy atom. The first-order valence-electron chi connectivity index (χ1n) is 45.4. The molecule has 14 N–H and O–H groups in total. The number of carboxylic acid groups (broad SMARTS) is 1. The van der Waals surface area contributed by atoms with E-state index in [1.165, 1.54) is 45.7 Å². The molecule has 0 amide bonds. The fraction of sp³-hybridized carbons (Fsp3) is 0.583. The molecule has 0 aliphatic carbocycles. The molecule has 0 heterocycles. The van der Waals surface area contributed by atoms with Crippen molar-refractivity contribution in [2.75, 3.05) is 94.4 Å². The number of aliphatic carboxylic acids is 1. The molecule has 0 aliphatic rings. The average Bonchev–Trinajstić information content (AvgIpc) is 0.837. The number of hydrogen-bond donors (Lipinski definition) is 11. The van der Waals surface area contributed by atoms with Crippen LogP contribution in [0.2, 0.25) is 0 Å².